The molecule has 3 nitrogen and oxygen atoms in total. The third kappa shape index (κ3) is 11.9. The van der Waals surface area contributed by atoms with E-state index in [9.17, 15) is 9.90 Å². The van der Waals surface area contributed by atoms with E-state index in [2.05, 4.69) is 48.8 Å². The molecule has 0 N–H and O–H groups in total. The molecule has 0 aromatic carbocycles. The maximum absolute atomic E-state index is 11.9. The number of carboxylic acids is 1. The van der Waals surface area contributed by atoms with E-state index in [0.29, 0.717) is 11.8 Å². The lowest BCUT2D eigenvalue weighted by Gasteiger charge is -2.56. The molecule has 1 fully saturated rings. The van der Waals surface area contributed by atoms with Crippen LogP contribution in [0.2, 0.25) is 0 Å². The zero-order valence-corrected chi connectivity index (χ0v) is 27.1. The van der Waals surface area contributed by atoms with Crippen molar-refractivity contribution < 1.29 is 14.4 Å². The fourth-order valence-electron chi connectivity index (χ4n) is 8.09. The Balaban J connectivity index is 3.19. The van der Waals surface area contributed by atoms with Crippen LogP contribution in [-0.4, -0.2) is 37.1 Å². The maximum Gasteiger partial charge on any atom is 0.105 e. The largest absolute Gasteiger partial charge is 0.550 e. The summed E-state index contributed by atoms with van der Waals surface area (Å²) in [4.78, 5) is 11.9. The molecule has 0 aliphatic heterocycles. The molecule has 3 heteroatoms. The molecule has 0 amide bonds. The number of hydrogen-bond donors (Lipinski definition) is 0. The van der Waals surface area contributed by atoms with Crippen molar-refractivity contribution in [3.05, 3.63) is 0 Å². The van der Waals surface area contributed by atoms with Crippen molar-refractivity contribution in [1.82, 2.24) is 0 Å². The Kier molecular flexibility index (Phi) is 18.2. The molecular weight excluding hydrogens is 466 g/mol. The molecule has 0 spiro atoms. The summed E-state index contributed by atoms with van der Waals surface area (Å²) in [6.45, 7) is 9.27. The Morgan fingerprint density at radius 3 is 1.79 bits per heavy atom. The van der Waals surface area contributed by atoms with Crippen molar-refractivity contribution in [2.75, 3.05) is 21.1 Å². The summed E-state index contributed by atoms with van der Waals surface area (Å²) in [6, 6.07) is 0. The molecule has 226 valence electrons. The highest BCUT2D eigenvalue weighted by Crippen LogP contribution is 2.58. The van der Waals surface area contributed by atoms with Gasteiger partial charge in [-0.05, 0) is 43.9 Å². The second-order valence-electron chi connectivity index (χ2n) is 13.9. The lowest BCUT2D eigenvalue weighted by Crippen LogP contribution is -2.66. The quantitative estimate of drug-likeness (QED) is 0.0817. The summed E-state index contributed by atoms with van der Waals surface area (Å²) in [5.74, 6) is 2.01. The Morgan fingerprint density at radius 2 is 1.26 bits per heavy atom. The molecule has 5 atom stereocenters. The zero-order chi connectivity index (χ0) is 28.4. The number of aliphatic carboxylic acids is 1. The number of carbonyl (C=O) groups excluding carboxylic acids is 1. The lowest BCUT2D eigenvalue weighted by atomic mass is 9.62. The van der Waals surface area contributed by atoms with Gasteiger partial charge in [0.05, 0.1) is 21.1 Å². The van der Waals surface area contributed by atoms with Gasteiger partial charge in [0, 0.05) is 24.2 Å². The van der Waals surface area contributed by atoms with Crippen LogP contribution in [-0.2, 0) is 4.79 Å². The van der Waals surface area contributed by atoms with Gasteiger partial charge in [0.15, 0.2) is 0 Å². The summed E-state index contributed by atoms with van der Waals surface area (Å²) in [7, 11) is 7.16. The molecule has 1 rings (SSSR count). The van der Waals surface area contributed by atoms with Crippen molar-refractivity contribution in [2.24, 2.45) is 23.7 Å². The highest BCUT2D eigenvalue weighted by atomic mass is 16.4. The predicted octanol–water partition coefficient (Wildman–Crippen LogP) is 9.32. The molecule has 0 aromatic heterocycles. The van der Waals surface area contributed by atoms with Gasteiger partial charge in [-0.3, -0.25) is 0 Å². The van der Waals surface area contributed by atoms with Crippen LogP contribution in [0, 0.1) is 23.7 Å². The number of hydrogen-bond acceptors (Lipinski definition) is 2. The van der Waals surface area contributed by atoms with E-state index in [4.69, 9.17) is 0 Å². The third-order valence-electron chi connectivity index (χ3n) is 10.3. The Hall–Kier alpha value is -0.570. The van der Waals surface area contributed by atoms with Crippen molar-refractivity contribution >= 4 is 5.97 Å². The Labute approximate surface area is 239 Å². The number of carbonyl (C=O) groups is 1. The fourth-order valence-corrected chi connectivity index (χ4v) is 8.09. The van der Waals surface area contributed by atoms with Gasteiger partial charge in [0.25, 0.3) is 0 Å². The van der Waals surface area contributed by atoms with E-state index in [-0.39, 0.29) is 12.0 Å². The van der Waals surface area contributed by atoms with E-state index < -0.39 is 5.97 Å². The van der Waals surface area contributed by atoms with Gasteiger partial charge in [0.1, 0.15) is 5.54 Å². The summed E-state index contributed by atoms with van der Waals surface area (Å²) in [5.41, 5.74) is 0.0202. The minimum absolute atomic E-state index is 0.0202. The first-order chi connectivity index (χ1) is 18.2. The summed E-state index contributed by atoms with van der Waals surface area (Å²) >= 11 is 0. The monoisotopic (exact) mass is 536 g/mol. The molecule has 38 heavy (non-hydrogen) atoms. The predicted molar refractivity (Wildman–Crippen MR) is 164 cm³/mol. The highest BCUT2D eigenvalue weighted by Gasteiger charge is 2.59. The Morgan fingerprint density at radius 1 is 0.763 bits per heavy atom. The molecule has 1 aliphatic carbocycles. The van der Waals surface area contributed by atoms with Crippen LogP contribution in [0.3, 0.4) is 0 Å². The fraction of sp³-hybridized carbons (Fsp3) is 0.971. The smallest absolute Gasteiger partial charge is 0.105 e. The van der Waals surface area contributed by atoms with E-state index in [1.54, 1.807) is 0 Å². The molecule has 0 aromatic rings. The van der Waals surface area contributed by atoms with Crippen LogP contribution >= 0.6 is 0 Å². The number of carboxylic acid groups (broad SMARTS) is 1. The first kappa shape index (κ1) is 35.5. The van der Waals surface area contributed by atoms with Crippen molar-refractivity contribution in [1.29, 1.82) is 0 Å². The van der Waals surface area contributed by atoms with Gasteiger partial charge >= 0.3 is 0 Å². The van der Waals surface area contributed by atoms with Crippen LogP contribution in [0.1, 0.15) is 169 Å². The maximum atomic E-state index is 11.9. The molecule has 0 bridgehead atoms. The van der Waals surface area contributed by atoms with Gasteiger partial charge < -0.3 is 14.4 Å². The van der Waals surface area contributed by atoms with Gasteiger partial charge in [-0.2, -0.15) is 0 Å². The van der Waals surface area contributed by atoms with Crippen molar-refractivity contribution in [3.63, 3.8) is 0 Å². The molecule has 0 heterocycles. The van der Waals surface area contributed by atoms with Gasteiger partial charge in [0.2, 0.25) is 0 Å². The topological polar surface area (TPSA) is 40.1 Å². The average molecular weight is 536 g/mol. The van der Waals surface area contributed by atoms with Crippen LogP contribution < -0.4 is 5.11 Å². The highest BCUT2D eigenvalue weighted by molar-refractivity contribution is 5.64. The summed E-state index contributed by atoms with van der Waals surface area (Å²) < 4.78 is 0.895. The van der Waals surface area contributed by atoms with Gasteiger partial charge in [-0.15, -0.1) is 0 Å². The van der Waals surface area contributed by atoms with Gasteiger partial charge in [-0.25, -0.2) is 0 Å². The Bertz CT molecular complexity index is 597. The van der Waals surface area contributed by atoms with Crippen molar-refractivity contribution in [2.45, 2.75) is 174 Å². The number of unbranched alkanes of at least 4 members (excludes halogenated alkanes) is 12. The molecule has 1 aliphatic rings. The molecule has 0 saturated heterocycles. The minimum Gasteiger partial charge on any atom is -0.550 e. The minimum atomic E-state index is -0.857. The molecular formula is C35H69NO2. The van der Waals surface area contributed by atoms with E-state index in [1.165, 1.54) is 122 Å². The van der Waals surface area contributed by atoms with Crippen molar-refractivity contribution in [3.8, 4) is 0 Å². The summed E-state index contributed by atoms with van der Waals surface area (Å²) in [6.07, 6.45) is 27.5. The van der Waals surface area contributed by atoms with E-state index in [1.807, 2.05) is 0 Å². The lowest BCUT2D eigenvalue weighted by molar-refractivity contribution is -0.935. The average Bonchev–Trinajstić information content (AvgIpc) is 3.63. The number of rotatable bonds is 26. The van der Waals surface area contributed by atoms with Crippen LogP contribution in [0.4, 0.5) is 0 Å². The molecule has 5 unspecified atom stereocenters. The molecule has 0 radical (unpaired) electrons. The van der Waals surface area contributed by atoms with Crippen LogP contribution in [0.5, 0.6) is 0 Å². The number of quaternary nitrogens is 1. The first-order valence-corrected chi connectivity index (χ1v) is 17.2. The van der Waals surface area contributed by atoms with E-state index in [0.717, 1.165) is 29.2 Å². The van der Waals surface area contributed by atoms with Crippen LogP contribution in [0.15, 0.2) is 0 Å². The summed E-state index contributed by atoms with van der Waals surface area (Å²) in [5, 5.41) is 11.9. The third-order valence-corrected chi connectivity index (χ3v) is 10.3. The molecule has 1 saturated carbocycles. The van der Waals surface area contributed by atoms with Gasteiger partial charge in [-0.1, -0.05) is 130 Å². The standard InChI is InChI=1S/C35H69NO2/c1-8-12-15-18-20-21-24-30-29-32(30)33(26-23-17-14-10-3)35(36(5,6)7,28-27-34(37)38)31(11-4)25-22-19-16-13-9-2/h30-33H,8-29H2,1-7H3. The zero-order valence-electron chi connectivity index (χ0n) is 27.1. The van der Waals surface area contributed by atoms with E-state index >= 15 is 0 Å². The van der Waals surface area contributed by atoms with Crippen LogP contribution in [0.25, 0.3) is 0 Å². The second-order valence-corrected chi connectivity index (χ2v) is 13.9. The normalized spacial score (nSPS) is 20.7. The SMILES string of the molecule is CCCCCCCCC1CC1C(CCCCCC)C(CCC(=O)[O-])(C(CC)CCCCCCC)[N+](C)(C)C. The second kappa shape index (κ2) is 19.5. The number of nitrogens with zero attached hydrogens (tertiary/aromatic N) is 1. The first-order valence-electron chi connectivity index (χ1n) is 17.2.